The second kappa shape index (κ2) is 6.49. The number of hydrogen-bond acceptors (Lipinski definition) is 3. The lowest BCUT2D eigenvalue weighted by molar-refractivity contribution is 0.0747. The predicted octanol–water partition coefficient (Wildman–Crippen LogP) is 3.70. The van der Waals surface area contributed by atoms with E-state index in [4.69, 9.17) is 5.73 Å². The molecule has 0 radical (unpaired) electrons. The Kier molecular flexibility index (Phi) is 4.20. The van der Waals surface area contributed by atoms with Crippen LogP contribution in [0.1, 0.15) is 49.4 Å². The zero-order valence-corrected chi connectivity index (χ0v) is 14.2. The third kappa shape index (κ3) is 2.57. The van der Waals surface area contributed by atoms with Gasteiger partial charge in [-0.05, 0) is 49.3 Å². The normalized spacial score (nSPS) is 27.0. The van der Waals surface area contributed by atoms with Gasteiger partial charge in [-0.2, -0.15) is 5.26 Å². The van der Waals surface area contributed by atoms with Gasteiger partial charge in [0.1, 0.15) is 0 Å². The van der Waals surface area contributed by atoms with Gasteiger partial charge in [-0.1, -0.05) is 37.5 Å². The molecule has 2 aromatic rings. The third-order valence-corrected chi connectivity index (χ3v) is 6.10. The summed E-state index contributed by atoms with van der Waals surface area (Å²) in [6.07, 6.45) is 9.74. The number of piperidine rings is 1. The second-order valence-electron chi connectivity index (χ2n) is 7.41. The van der Waals surface area contributed by atoms with Crippen molar-refractivity contribution in [2.75, 3.05) is 13.1 Å². The Balaban J connectivity index is 1.74. The topological polar surface area (TPSA) is 68.8 Å². The van der Waals surface area contributed by atoms with Crippen molar-refractivity contribution in [3.63, 3.8) is 0 Å². The summed E-state index contributed by atoms with van der Waals surface area (Å²) in [5.74, 6) is 1.47. The number of hydrogen-bond donors (Lipinski definition) is 2. The Hall–Kier alpha value is -1.99. The number of rotatable bonds is 3. The number of nitrogens with zero attached hydrogens (tertiary/aromatic N) is 2. The zero-order chi connectivity index (χ0) is 16.5. The monoisotopic (exact) mass is 322 g/mol. The highest BCUT2D eigenvalue weighted by molar-refractivity contribution is 5.84. The maximum Gasteiger partial charge on any atom is 0.179 e. The Labute approximate surface area is 143 Å². The number of aromatic nitrogens is 1. The molecule has 2 unspecified atom stereocenters. The summed E-state index contributed by atoms with van der Waals surface area (Å²) in [6.45, 7) is 1.56. The van der Waals surface area contributed by atoms with E-state index in [1.54, 1.807) is 0 Å². The van der Waals surface area contributed by atoms with E-state index < -0.39 is 0 Å². The van der Waals surface area contributed by atoms with Crippen LogP contribution in [0.4, 0.5) is 0 Å². The average molecular weight is 322 g/mol. The van der Waals surface area contributed by atoms with Crippen LogP contribution in [-0.4, -0.2) is 23.0 Å². The summed E-state index contributed by atoms with van der Waals surface area (Å²) in [5.41, 5.74) is 9.60. The highest BCUT2D eigenvalue weighted by Gasteiger charge is 2.38. The molecule has 1 aromatic carbocycles. The quantitative estimate of drug-likeness (QED) is 0.847. The van der Waals surface area contributed by atoms with Crippen LogP contribution in [0, 0.1) is 23.3 Å². The standard InChI is InChI=1S/C20H26N4/c21-10-9-17-16-7-3-4-8-18(16)23-20(17)19-11-14-5-1-2-6-15(14)12-24(19)13-22/h3-4,7-8,14-15,19,23H,1-2,5-6,9-12,21H2/t14?,15-,19?/m0/s1. The predicted molar refractivity (Wildman–Crippen MR) is 96.2 cm³/mol. The van der Waals surface area contributed by atoms with Crippen LogP contribution in [0.2, 0.25) is 0 Å². The highest BCUT2D eigenvalue weighted by atomic mass is 15.2. The smallest absolute Gasteiger partial charge is 0.179 e. The van der Waals surface area contributed by atoms with E-state index in [1.165, 1.54) is 47.8 Å². The van der Waals surface area contributed by atoms with E-state index >= 15 is 0 Å². The highest BCUT2D eigenvalue weighted by Crippen LogP contribution is 2.44. The Bertz CT molecular complexity index is 757. The number of H-pyrrole nitrogens is 1. The van der Waals surface area contributed by atoms with Crippen molar-refractivity contribution in [1.29, 1.82) is 5.26 Å². The minimum atomic E-state index is 0.184. The van der Waals surface area contributed by atoms with Crippen LogP contribution < -0.4 is 5.73 Å². The van der Waals surface area contributed by atoms with Crippen LogP contribution in [-0.2, 0) is 6.42 Å². The van der Waals surface area contributed by atoms with E-state index in [1.807, 2.05) is 4.90 Å². The lowest BCUT2D eigenvalue weighted by Crippen LogP contribution is -2.41. The summed E-state index contributed by atoms with van der Waals surface area (Å²) < 4.78 is 0. The maximum absolute atomic E-state index is 9.75. The average Bonchev–Trinajstić information content (AvgIpc) is 2.99. The molecule has 4 heteroatoms. The Morgan fingerprint density at radius 3 is 2.79 bits per heavy atom. The number of fused-ring (bicyclic) bond motifs is 2. The van der Waals surface area contributed by atoms with Crippen molar-refractivity contribution < 1.29 is 0 Å². The van der Waals surface area contributed by atoms with Gasteiger partial charge >= 0.3 is 0 Å². The first-order valence-corrected chi connectivity index (χ1v) is 9.27. The molecule has 1 saturated carbocycles. The SMILES string of the molecule is N#CN1C[C@@H]2CCCCC2CC1c1[nH]c2ccccc2c1CCN. The van der Waals surface area contributed by atoms with Crippen molar-refractivity contribution in [1.82, 2.24) is 9.88 Å². The Morgan fingerprint density at radius 1 is 1.21 bits per heavy atom. The molecular weight excluding hydrogens is 296 g/mol. The molecule has 2 aliphatic rings. The molecule has 24 heavy (non-hydrogen) atoms. The number of aromatic amines is 1. The summed E-state index contributed by atoms with van der Waals surface area (Å²) in [4.78, 5) is 5.66. The number of nitrogens with one attached hydrogen (secondary N) is 1. The molecule has 2 fully saturated rings. The van der Waals surface area contributed by atoms with E-state index in [0.29, 0.717) is 12.5 Å². The van der Waals surface area contributed by atoms with Gasteiger partial charge in [-0.25, -0.2) is 0 Å². The number of likely N-dealkylation sites (tertiary alicyclic amines) is 1. The van der Waals surface area contributed by atoms with Gasteiger partial charge in [-0.15, -0.1) is 0 Å². The molecule has 0 bridgehead atoms. The first kappa shape index (κ1) is 15.5. The molecule has 1 saturated heterocycles. The second-order valence-corrected chi connectivity index (χ2v) is 7.41. The van der Waals surface area contributed by atoms with Crippen molar-refractivity contribution in [2.24, 2.45) is 17.6 Å². The molecule has 1 aromatic heterocycles. The van der Waals surface area contributed by atoms with Crippen molar-refractivity contribution in [3.8, 4) is 6.19 Å². The maximum atomic E-state index is 9.75. The van der Waals surface area contributed by atoms with Gasteiger partial charge in [0.2, 0.25) is 0 Å². The fourth-order valence-corrected chi connectivity index (χ4v) is 4.93. The Morgan fingerprint density at radius 2 is 2.00 bits per heavy atom. The fraction of sp³-hybridized carbons (Fsp3) is 0.550. The van der Waals surface area contributed by atoms with Gasteiger partial charge < -0.3 is 15.6 Å². The van der Waals surface area contributed by atoms with Gasteiger partial charge in [-0.3, -0.25) is 0 Å². The van der Waals surface area contributed by atoms with E-state index in [-0.39, 0.29) is 6.04 Å². The molecule has 126 valence electrons. The minimum absolute atomic E-state index is 0.184. The van der Waals surface area contributed by atoms with Gasteiger partial charge in [0.05, 0.1) is 6.04 Å². The number of nitrogens with two attached hydrogens (primary N) is 1. The molecule has 3 N–H and O–H groups in total. The summed E-state index contributed by atoms with van der Waals surface area (Å²) >= 11 is 0. The molecular formula is C20H26N4. The van der Waals surface area contributed by atoms with Gasteiger partial charge in [0.15, 0.2) is 6.19 Å². The van der Waals surface area contributed by atoms with Crippen molar-refractivity contribution >= 4 is 10.9 Å². The number of nitriles is 1. The molecule has 4 nitrogen and oxygen atoms in total. The van der Waals surface area contributed by atoms with Crippen molar-refractivity contribution in [2.45, 2.75) is 44.6 Å². The number of benzene rings is 1. The molecule has 4 rings (SSSR count). The van der Waals surface area contributed by atoms with Crippen LogP contribution in [0.3, 0.4) is 0 Å². The van der Waals surface area contributed by atoms with Gasteiger partial charge in [0.25, 0.3) is 0 Å². The van der Waals surface area contributed by atoms with Crippen LogP contribution in [0.25, 0.3) is 10.9 Å². The molecule has 2 heterocycles. The van der Waals surface area contributed by atoms with E-state index in [0.717, 1.165) is 25.3 Å². The van der Waals surface area contributed by atoms with E-state index in [2.05, 4.69) is 35.4 Å². The van der Waals surface area contributed by atoms with E-state index in [9.17, 15) is 5.26 Å². The first-order valence-electron chi connectivity index (χ1n) is 9.27. The fourth-order valence-electron chi connectivity index (χ4n) is 4.93. The zero-order valence-electron chi connectivity index (χ0n) is 14.2. The van der Waals surface area contributed by atoms with Crippen LogP contribution in [0.5, 0.6) is 0 Å². The third-order valence-electron chi connectivity index (χ3n) is 6.10. The molecule has 3 atom stereocenters. The largest absolute Gasteiger partial charge is 0.356 e. The summed E-state index contributed by atoms with van der Waals surface area (Å²) in [6, 6.07) is 8.63. The lowest BCUT2D eigenvalue weighted by Gasteiger charge is -2.44. The molecule has 1 aliphatic heterocycles. The summed E-state index contributed by atoms with van der Waals surface area (Å²) in [5, 5.41) is 11.0. The molecule has 0 spiro atoms. The van der Waals surface area contributed by atoms with Gasteiger partial charge in [0, 0.05) is 23.1 Å². The van der Waals surface area contributed by atoms with Crippen LogP contribution >= 0.6 is 0 Å². The first-order chi connectivity index (χ1) is 11.8. The van der Waals surface area contributed by atoms with Crippen LogP contribution in [0.15, 0.2) is 24.3 Å². The molecule has 0 amide bonds. The minimum Gasteiger partial charge on any atom is -0.356 e. The number of para-hydroxylation sites is 1. The van der Waals surface area contributed by atoms with Crippen molar-refractivity contribution in [3.05, 3.63) is 35.5 Å². The summed E-state index contributed by atoms with van der Waals surface area (Å²) in [7, 11) is 0. The molecule has 1 aliphatic carbocycles. The lowest BCUT2D eigenvalue weighted by atomic mass is 9.72.